The second-order valence-corrected chi connectivity index (χ2v) is 4.67. The molecule has 4 N–H and O–H groups in total. The Morgan fingerprint density at radius 2 is 1.73 bits per heavy atom. The average molecular weight is 320 g/mol. The van der Waals surface area contributed by atoms with E-state index < -0.39 is 0 Å². The van der Waals surface area contributed by atoms with Crippen LogP contribution in [-0.4, -0.2) is 24.3 Å². The normalized spacial score (nSPS) is 9.91. The third kappa shape index (κ3) is 3.70. The number of nitrogens with one attached hydrogen (secondary N) is 1. The lowest BCUT2D eigenvalue weighted by molar-refractivity contribution is 0.413. The average Bonchev–Trinajstić information content (AvgIpc) is 2.89. The first-order valence-electron chi connectivity index (χ1n) is 6.33. The van der Waals surface area contributed by atoms with Gasteiger partial charge in [0.05, 0.1) is 25.4 Å². The maximum atomic E-state index is 8.96. The number of aromatic amines is 1. The van der Waals surface area contributed by atoms with Crippen molar-refractivity contribution in [2.24, 2.45) is 0 Å². The number of anilines is 1. The van der Waals surface area contributed by atoms with Crippen LogP contribution in [-0.2, 0) is 0 Å². The van der Waals surface area contributed by atoms with Gasteiger partial charge in [0.15, 0.2) is 5.58 Å². The molecule has 0 aliphatic carbocycles. The van der Waals surface area contributed by atoms with Crippen molar-refractivity contribution in [1.29, 1.82) is 0 Å². The van der Waals surface area contributed by atoms with E-state index in [1.807, 2.05) is 18.2 Å². The van der Waals surface area contributed by atoms with Crippen molar-refractivity contribution >= 4 is 29.0 Å². The Morgan fingerprint density at radius 1 is 1.09 bits per heavy atom. The highest BCUT2D eigenvalue weighted by molar-refractivity contribution is 7.71. The number of rotatable bonds is 2. The van der Waals surface area contributed by atoms with Crippen LogP contribution in [0.5, 0.6) is 17.2 Å². The number of hydrogen-bond donors (Lipinski definition) is 3. The van der Waals surface area contributed by atoms with Crippen molar-refractivity contribution in [3.05, 3.63) is 41.2 Å². The third-order valence-corrected chi connectivity index (χ3v) is 3.05. The molecule has 1 heterocycles. The number of aromatic hydroxyl groups is 1. The zero-order valence-electron chi connectivity index (χ0n) is 12.1. The van der Waals surface area contributed by atoms with Crippen molar-refractivity contribution in [3.8, 4) is 17.2 Å². The highest BCUT2D eigenvalue weighted by Crippen LogP contribution is 2.24. The number of benzene rings is 2. The van der Waals surface area contributed by atoms with Crippen molar-refractivity contribution in [1.82, 2.24) is 4.98 Å². The van der Waals surface area contributed by atoms with E-state index in [-0.39, 0.29) is 5.75 Å². The molecule has 0 radical (unpaired) electrons. The molecule has 0 saturated carbocycles. The van der Waals surface area contributed by atoms with Gasteiger partial charge in [-0.1, -0.05) is 0 Å². The van der Waals surface area contributed by atoms with Crippen LogP contribution in [0.2, 0.25) is 0 Å². The quantitative estimate of drug-likeness (QED) is 0.380. The number of oxazole rings is 1. The van der Waals surface area contributed by atoms with Gasteiger partial charge in [0.25, 0.3) is 4.84 Å². The zero-order chi connectivity index (χ0) is 16.1. The number of nitrogens with two attached hydrogens (primary N) is 1. The lowest BCUT2D eigenvalue weighted by Gasteiger charge is -2.01. The van der Waals surface area contributed by atoms with Gasteiger partial charge in [-0.05, 0) is 36.5 Å². The maximum Gasteiger partial charge on any atom is 0.266 e. The van der Waals surface area contributed by atoms with Gasteiger partial charge in [-0.15, -0.1) is 0 Å². The number of H-pyrrole nitrogens is 1. The Morgan fingerprint density at radius 3 is 2.36 bits per heavy atom. The standard InChI is InChI=1S/C8H7NO2S.C7H9NO2/c1-10-5-2-3-7-6(4-5)9-8(12)11-7;1-10-5-2-3-7(9)6(8)4-5/h2-4H,1H3,(H,9,12);2-4,9H,8H2,1H3. The molecule has 3 aromatic rings. The van der Waals surface area contributed by atoms with Gasteiger partial charge in [0, 0.05) is 12.1 Å². The molecular weight excluding hydrogens is 304 g/mol. The summed E-state index contributed by atoms with van der Waals surface area (Å²) in [7, 11) is 3.17. The zero-order valence-corrected chi connectivity index (χ0v) is 12.9. The summed E-state index contributed by atoms with van der Waals surface area (Å²) in [5.74, 6) is 1.52. The van der Waals surface area contributed by atoms with Crippen LogP contribution < -0.4 is 15.2 Å². The van der Waals surface area contributed by atoms with Crippen LogP contribution >= 0.6 is 12.2 Å². The molecule has 2 aromatic carbocycles. The predicted molar refractivity (Wildman–Crippen MR) is 87.0 cm³/mol. The Labute approximate surface area is 132 Å². The highest BCUT2D eigenvalue weighted by Gasteiger charge is 1.99. The monoisotopic (exact) mass is 320 g/mol. The second-order valence-electron chi connectivity index (χ2n) is 4.30. The first-order chi connectivity index (χ1) is 10.5. The number of hydrogen-bond acceptors (Lipinski definition) is 6. The summed E-state index contributed by atoms with van der Waals surface area (Å²) in [6.07, 6.45) is 0. The fraction of sp³-hybridized carbons (Fsp3) is 0.133. The fourth-order valence-corrected chi connectivity index (χ4v) is 1.92. The summed E-state index contributed by atoms with van der Waals surface area (Å²) in [5.41, 5.74) is 7.31. The summed E-state index contributed by atoms with van der Waals surface area (Å²) in [5, 5.41) is 8.96. The number of aromatic nitrogens is 1. The van der Waals surface area contributed by atoms with Gasteiger partial charge >= 0.3 is 0 Å². The molecule has 1 aromatic heterocycles. The first kappa shape index (κ1) is 15.7. The third-order valence-electron chi connectivity index (χ3n) is 2.86. The van der Waals surface area contributed by atoms with Gasteiger partial charge in [0.1, 0.15) is 17.2 Å². The molecule has 0 atom stereocenters. The van der Waals surface area contributed by atoms with E-state index >= 15 is 0 Å². The van der Waals surface area contributed by atoms with E-state index in [1.165, 1.54) is 6.07 Å². The van der Waals surface area contributed by atoms with Gasteiger partial charge < -0.3 is 29.7 Å². The Hall–Kier alpha value is -2.67. The summed E-state index contributed by atoms with van der Waals surface area (Å²) < 4.78 is 15.1. The Balaban J connectivity index is 0.000000164. The van der Waals surface area contributed by atoms with Gasteiger partial charge in [-0.3, -0.25) is 0 Å². The Bertz CT molecular complexity index is 826. The van der Waals surface area contributed by atoms with Crippen LogP contribution in [0.15, 0.2) is 40.8 Å². The van der Waals surface area contributed by atoms with Gasteiger partial charge in [-0.25, -0.2) is 0 Å². The van der Waals surface area contributed by atoms with Crippen molar-refractivity contribution in [3.63, 3.8) is 0 Å². The molecule has 6 nitrogen and oxygen atoms in total. The van der Waals surface area contributed by atoms with Crippen LogP contribution in [0.3, 0.4) is 0 Å². The van der Waals surface area contributed by atoms with E-state index in [2.05, 4.69) is 4.98 Å². The Kier molecular flexibility index (Phi) is 4.90. The molecule has 0 amide bonds. The lowest BCUT2D eigenvalue weighted by atomic mass is 10.3. The molecule has 0 saturated heterocycles. The highest BCUT2D eigenvalue weighted by atomic mass is 32.1. The smallest absolute Gasteiger partial charge is 0.266 e. The van der Waals surface area contributed by atoms with Crippen molar-refractivity contribution < 1.29 is 19.0 Å². The van der Waals surface area contributed by atoms with Crippen LogP contribution in [0.1, 0.15) is 0 Å². The SMILES string of the molecule is COc1ccc(O)c(N)c1.COc1ccc2oc(=S)[nH]c2c1. The van der Waals surface area contributed by atoms with E-state index in [4.69, 9.17) is 36.9 Å². The minimum atomic E-state index is 0.0841. The van der Waals surface area contributed by atoms with Gasteiger partial charge in [0.2, 0.25) is 0 Å². The lowest BCUT2D eigenvalue weighted by Crippen LogP contribution is -1.87. The largest absolute Gasteiger partial charge is 0.506 e. The van der Waals surface area contributed by atoms with E-state index in [1.54, 1.807) is 26.4 Å². The van der Waals surface area contributed by atoms with Gasteiger partial charge in [-0.2, -0.15) is 0 Å². The topological polar surface area (TPSA) is 93.6 Å². The number of ether oxygens (including phenoxy) is 2. The molecule has 116 valence electrons. The number of nitrogen functional groups attached to an aromatic ring is 1. The number of fused-ring (bicyclic) bond motifs is 1. The molecule has 0 spiro atoms. The molecule has 3 rings (SSSR count). The minimum absolute atomic E-state index is 0.0841. The van der Waals surface area contributed by atoms with Crippen molar-refractivity contribution in [2.45, 2.75) is 0 Å². The summed E-state index contributed by atoms with van der Waals surface area (Å²) in [6.45, 7) is 0. The molecule has 0 aliphatic heterocycles. The first-order valence-corrected chi connectivity index (χ1v) is 6.73. The molecule has 0 fully saturated rings. The van der Waals surface area contributed by atoms with E-state index in [0.717, 1.165) is 16.8 Å². The van der Waals surface area contributed by atoms with Crippen LogP contribution in [0.25, 0.3) is 11.1 Å². The molecule has 7 heteroatoms. The summed E-state index contributed by atoms with van der Waals surface area (Å²) in [4.78, 5) is 3.29. The number of phenolic OH excluding ortho intramolecular Hbond substituents is 1. The summed E-state index contributed by atoms with van der Waals surface area (Å²) >= 11 is 4.83. The summed E-state index contributed by atoms with van der Waals surface area (Å²) in [6, 6.07) is 10.2. The minimum Gasteiger partial charge on any atom is -0.506 e. The second kappa shape index (κ2) is 6.86. The molecule has 22 heavy (non-hydrogen) atoms. The molecule has 0 aliphatic rings. The molecule has 0 bridgehead atoms. The fourth-order valence-electron chi connectivity index (χ4n) is 1.72. The predicted octanol–water partition coefficient (Wildman–Crippen LogP) is 3.48. The molecular formula is C15H16N2O4S. The van der Waals surface area contributed by atoms with Crippen LogP contribution in [0.4, 0.5) is 5.69 Å². The van der Waals surface area contributed by atoms with Crippen molar-refractivity contribution in [2.75, 3.05) is 20.0 Å². The van der Waals surface area contributed by atoms with E-state index in [9.17, 15) is 0 Å². The van der Waals surface area contributed by atoms with Crippen LogP contribution in [0, 0.1) is 4.84 Å². The molecule has 0 unspecified atom stereocenters. The number of phenols is 1. The van der Waals surface area contributed by atoms with E-state index in [0.29, 0.717) is 16.3 Å². The number of methoxy groups -OCH3 is 2. The maximum absolute atomic E-state index is 8.96.